The molecule has 0 radical (unpaired) electrons. The van der Waals surface area contributed by atoms with Gasteiger partial charge in [-0.25, -0.2) is 0 Å². The van der Waals surface area contributed by atoms with Crippen molar-refractivity contribution in [2.24, 2.45) is 0 Å². The number of aromatic hydroxyl groups is 1. The molecule has 0 fully saturated rings. The first kappa shape index (κ1) is 14.4. The molecule has 0 spiro atoms. The number of hydrogen-bond donors (Lipinski definition) is 1. The fourth-order valence-electron chi connectivity index (χ4n) is 1.51. The lowest BCUT2D eigenvalue weighted by atomic mass is 10.1. The van der Waals surface area contributed by atoms with Crippen molar-refractivity contribution >= 4 is 5.97 Å². The van der Waals surface area contributed by atoms with Crippen LogP contribution in [0.3, 0.4) is 0 Å². The largest absolute Gasteiger partial charge is 0.508 e. The molecular weight excluding hydrogens is 232 g/mol. The molecule has 0 amide bonds. The number of carbonyl (C=O) groups is 1. The zero-order valence-electron chi connectivity index (χ0n) is 11.3. The Labute approximate surface area is 108 Å². The van der Waals surface area contributed by atoms with Crippen LogP contribution in [-0.2, 0) is 16.0 Å². The van der Waals surface area contributed by atoms with Crippen molar-refractivity contribution in [3.63, 3.8) is 0 Å². The van der Waals surface area contributed by atoms with Gasteiger partial charge in [0, 0.05) is 5.56 Å². The van der Waals surface area contributed by atoms with Crippen LogP contribution in [0.25, 0.3) is 0 Å². The van der Waals surface area contributed by atoms with Gasteiger partial charge in [0.05, 0.1) is 18.6 Å². The first-order valence-corrected chi connectivity index (χ1v) is 6.06. The topological polar surface area (TPSA) is 55.8 Å². The predicted octanol–water partition coefficient (Wildman–Crippen LogP) is 2.67. The molecule has 0 aliphatic rings. The summed E-state index contributed by atoms with van der Waals surface area (Å²) in [7, 11) is 0. The SMILES string of the molecule is CC(C)OC(=O)Cc1cc(OC(C)C)ccc1O. The Morgan fingerprint density at radius 2 is 1.89 bits per heavy atom. The Morgan fingerprint density at radius 3 is 2.44 bits per heavy atom. The second kappa shape index (κ2) is 6.28. The van der Waals surface area contributed by atoms with E-state index in [1.807, 2.05) is 13.8 Å². The summed E-state index contributed by atoms with van der Waals surface area (Å²) >= 11 is 0. The molecule has 0 aliphatic carbocycles. The van der Waals surface area contributed by atoms with Crippen molar-refractivity contribution in [3.05, 3.63) is 23.8 Å². The average molecular weight is 252 g/mol. The highest BCUT2D eigenvalue weighted by Crippen LogP contribution is 2.24. The molecule has 0 aliphatic heterocycles. The molecule has 0 saturated carbocycles. The maximum Gasteiger partial charge on any atom is 0.310 e. The zero-order valence-corrected chi connectivity index (χ0v) is 11.3. The number of phenols is 1. The second-order valence-corrected chi connectivity index (χ2v) is 4.67. The van der Waals surface area contributed by atoms with Gasteiger partial charge in [-0.05, 0) is 45.9 Å². The van der Waals surface area contributed by atoms with Gasteiger partial charge in [0.25, 0.3) is 0 Å². The van der Waals surface area contributed by atoms with Gasteiger partial charge >= 0.3 is 5.97 Å². The summed E-state index contributed by atoms with van der Waals surface area (Å²) in [5.41, 5.74) is 0.513. The van der Waals surface area contributed by atoms with Crippen LogP contribution in [0.15, 0.2) is 18.2 Å². The standard InChI is InChI=1S/C14H20O4/c1-9(2)17-12-5-6-13(15)11(7-12)8-14(16)18-10(3)4/h5-7,9-10,15H,8H2,1-4H3. The summed E-state index contributed by atoms with van der Waals surface area (Å²) in [6.07, 6.45) is -0.0704. The monoisotopic (exact) mass is 252 g/mol. The molecule has 100 valence electrons. The van der Waals surface area contributed by atoms with Crippen LogP contribution in [0.1, 0.15) is 33.3 Å². The second-order valence-electron chi connectivity index (χ2n) is 4.67. The van der Waals surface area contributed by atoms with Crippen molar-refractivity contribution in [2.45, 2.75) is 46.3 Å². The van der Waals surface area contributed by atoms with E-state index >= 15 is 0 Å². The lowest BCUT2D eigenvalue weighted by molar-refractivity contribution is -0.146. The third-order valence-electron chi connectivity index (χ3n) is 2.12. The van der Waals surface area contributed by atoms with E-state index in [0.29, 0.717) is 11.3 Å². The molecule has 0 aromatic heterocycles. The molecule has 4 heteroatoms. The van der Waals surface area contributed by atoms with Crippen LogP contribution >= 0.6 is 0 Å². The molecule has 0 heterocycles. The molecule has 0 unspecified atom stereocenters. The summed E-state index contributed by atoms with van der Waals surface area (Å²) < 4.78 is 10.5. The molecule has 4 nitrogen and oxygen atoms in total. The van der Waals surface area contributed by atoms with E-state index in [4.69, 9.17) is 9.47 Å². The Morgan fingerprint density at radius 1 is 1.22 bits per heavy atom. The van der Waals surface area contributed by atoms with Gasteiger partial charge in [-0.15, -0.1) is 0 Å². The fourth-order valence-corrected chi connectivity index (χ4v) is 1.51. The zero-order chi connectivity index (χ0) is 13.7. The van der Waals surface area contributed by atoms with Crippen molar-refractivity contribution in [3.8, 4) is 11.5 Å². The van der Waals surface area contributed by atoms with E-state index in [0.717, 1.165) is 0 Å². The molecule has 1 N–H and O–H groups in total. The minimum atomic E-state index is -0.359. The minimum Gasteiger partial charge on any atom is -0.508 e. The van der Waals surface area contributed by atoms with E-state index in [9.17, 15) is 9.90 Å². The minimum absolute atomic E-state index is 0.0410. The van der Waals surface area contributed by atoms with Gasteiger partial charge in [-0.1, -0.05) is 0 Å². The van der Waals surface area contributed by atoms with Crippen LogP contribution in [0.2, 0.25) is 0 Å². The Kier molecular flexibility index (Phi) is 5.01. The average Bonchev–Trinajstić information content (AvgIpc) is 2.21. The van der Waals surface area contributed by atoms with Gasteiger partial charge in [0.15, 0.2) is 0 Å². The van der Waals surface area contributed by atoms with Gasteiger partial charge in [0.1, 0.15) is 11.5 Å². The molecule has 0 atom stereocenters. The molecule has 1 rings (SSSR count). The third-order valence-corrected chi connectivity index (χ3v) is 2.12. The lowest BCUT2D eigenvalue weighted by Crippen LogP contribution is -2.14. The number of phenolic OH excluding ortho intramolecular Hbond substituents is 1. The number of benzene rings is 1. The summed E-state index contributed by atoms with van der Waals surface area (Å²) in [6.45, 7) is 7.41. The van der Waals surface area contributed by atoms with Crippen LogP contribution in [0.5, 0.6) is 11.5 Å². The van der Waals surface area contributed by atoms with Crippen LogP contribution in [-0.4, -0.2) is 23.3 Å². The van der Waals surface area contributed by atoms with Gasteiger partial charge in [0.2, 0.25) is 0 Å². The summed E-state index contributed by atoms with van der Waals surface area (Å²) in [5.74, 6) is 0.351. The highest BCUT2D eigenvalue weighted by atomic mass is 16.5. The number of ether oxygens (including phenoxy) is 2. The summed E-state index contributed by atoms with van der Waals surface area (Å²) in [6, 6.07) is 4.86. The lowest BCUT2D eigenvalue weighted by Gasteiger charge is -2.12. The maximum absolute atomic E-state index is 11.5. The number of rotatable bonds is 5. The molecule has 0 saturated heterocycles. The molecule has 1 aromatic rings. The summed E-state index contributed by atoms with van der Waals surface area (Å²) in [5, 5.41) is 9.69. The Balaban J connectivity index is 2.77. The smallest absolute Gasteiger partial charge is 0.310 e. The molecular formula is C14H20O4. The van der Waals surface area contributed by atoms with Crippen LogP contribution in [0.4, 0.5) is 0 Å². The van der Waals surface area contributed by atoms with Gasteiger partial charge in [-0.3, -0.25) is 4.79 Å². The van der Waals surface area contributed by atoms with Gasteiger partial charge in [-0.2, -0.15) is 0 Å². The number of esters is 1. The van der Waals surface area contributed by atoms with E-state index in [1.54, 1.807) is 26.0 Å². The Hall–Kier alpha value is -1.71. The molecule has 18 heavy (non-hydrogen) atoms. The van der Waals surface area contributed by atoms with E-state index in [-0.39, 0.29) is 30.3 Å². The van der Waals surface area contributed by atoms with Crippen molar-refractivity contribution in [1.82, 2.24) is 0 Å². The Bertz CT molecular complexity index is 410. The van der Waals surface area contributed by atoms with Crippen molar-refractivity contribution < 1.29 is 19.4 Å². The fraction of sp³-hybridized carbons (Fsp3) is 0.500. The predicted molar refractivity (Wildman–Crippen MR) is 68.8 cm³/mol. The van der Waals surface area contributed by atoms with Crippen LogP contribution < -0.4 is 4.74 Å². The van der Waals surface area contributed by atoms with E-state index < -0.39 is 0 Å². The van der Waals surface area contributed by atoms with E-state index in [2.05, 4.69) is 0 Å². The number of carbonyl (C=O) groups excluding carboxylic acids is 1. The summed E-state index contributed by atoms with van der Waals surface area (Å²) in [4.78, 5) is 11.5. The highest BCUT2D eigenvalue weighted by Gasteiger charge is 2.12. The normalized spacial score (nSPS) is 10.8. The first-order valence-electron chi connectivity index (χ1n) is 6.06. The molecule has 0 bridgehead atoms. The van der Waals surface area contributed by atoms with Gasteiger partial charge < -0.3 is 14.6 Å². The first-order chi connectivity index (χ1) is 8.38. The van der Waals surface area contributed by atoms with Crippen molar-refractivity contribution in [1.29, 1.82) is 0 Å². The quantitative estimate of drug-likeness (QED) is 0.818. The third kappa shape index (κ3) is 4.65. The molecule has 1 aromatic carbocycles. The van der Waals surface area contributed by atoms with Crippen LogP contribution in [0, 0.1) is 0 Å². The highest BCUT2D eigenvalue weighted by molar-refractivity contribution is 5.74. The maximum atomic E-state index is 11.5. The number of hydrogen-bond acceptors (Lipinski definition) is 4. The van der Waals surface area contributed by atoms with E-state index in [1.165, 1.54) is 6.07 Å². The van der Waals surface area contributed by atoms with Crippen molar-refractivity contribution in [2.75, 3.05) is 0 Å².